The van der Waals surface area contributed by atoms with E-state index in [9.17, 15) is 14.9 Å². The third kappa shape index (κ3) is 5.98. The largest absolute Gasteiger partial charge is 0.444 e. The number of hydrogen-bond acceptors (Lipinski definition) is 6. The number of carbonyl (C=O) groups is 1. The molecule has 9 heteroatoms. The fourth-order valence-corrected chi connectivity index (χ4v) is 3.52. The van der Waals surface area contributed by atoms with Crippen LogP contribution in [0, 0.1) is 24.0 Å². The van der Waals surface area contributed by atoms with Crippen molar-refractivity contribution in [2.75, 3.05) is 0 Å². The van der Waals surface area contributed by atoms with Gasteiger partial charge in [0.15, 0.2) is 0 Å². The Labute approximate surface area is 168 Å². The number of benzene rings is 1. The second kappa shape index (κ2) is 8.64. The van der Waals surface area contributed by atoms with Gasteiger partial charge < -0.3 is 10.1 Å². The van der Waals surface area contributed by atoms with E-state index in [4.69, 9.17) is 4.74 Å². The van der Waals surface area contributed by atoms with Crippen LogP contribution in [0.2, 0.25) is 0 Å². The molecule has 0 saturated carbocycles. The Morgan fingerprint density at radius 3 is 2.46 bits per heavy atom. The molecule has 1 atom stereocenters. The molecule has 1 aromatic carbocycles. The lowest BCUT2D eigenvalue weighted by molar-refractivity contribution is -0.384. The quantitative estimate of drug-likeness (QED) is 0.561. The van der Waals surface area contributed by atoms with E-state index in [1.54, 1.807) is 12.1 Å². The molecule has 0 fully saturated rings. The Morgan fingerprint density at radius 2 is 1.93 bits per heavy atom. The second-order valence-electron chi connectivity index (χ2n) is 7.58. The van der Waals surface area contributed by atoms with E-state index in [0.717, 1.165) is 21.2 Å². The van der Waals surface area contributed by atoms with Gasteiger partial charge in [-0.1, -0.05) is 11.8 Å². The number of nitro groups is 1. The molecule has 1 heterocycles. The molecule has 0 aliphatic carbocycles. The van der Waals surface area contributed by atoms with Crippen molar-refractivity contribution in [2.24, 2.45) is 0 Å². The molecule has 152 valence electrons. The minimum Gasteiger partial charge on any atom is -0.444 e. The number of nitrogens with one attached hydrogen (secondary N) is 1. The van der Waals surface area contributed by atoms with Crippen LogP contribution < -0.4 is 5.32 Å². The predicted octanol–water partition coefficient (Wildman–Crippen LogP) is 4.47. The molecular weight excluding hydrogens is 380 g/mol. The lowest BCUT2D eigenvalue weighted by atomic mass is 10.2. The zero-order valence-electron chi connectivity index (χ0n) is 17.0. The maximum atomic E-state index is 11.9. The van der Waals surface area contributed by atoms with Gasteiger partial charge in [-0.05, 0) is 53.7 Å². The maximum Gasteiger partial charge on any atom is 0.407 e. The molecule has 0 radical (unpaired) electrons. The lowest BCUT2D eigenvalue weighted by Crippen LogP contribution is -2.39. The topological polar surface area (TPSA) is 99.3 Å². The first-order valence-electron chi connectivity index (χ1n) is 8.92. The lowest BCUT2D eigenvalue weighted by Gasteiger charge is -2.22. The Hall–Kier alpha value is -2.55. The van der Waals surface area contributed by atoms with Crippen LogP contribution in [0.15, 0.2) is 34.1 Å². The first kappa shape index (κ1) is 21.7. The van der Waals surface area contributed by atoms with Gasteiger partial charge >= 0.3 is 6.09 Å². The minimum atomic E-state index is -0.545. The summed E-state index contributed by atoms with van der Waals surface area (Å²) in [7, 11) is 0. The second-order valence-corrected chi connectivity index (χ2v) is 8.67. The number of alkyl carbamates (subject to hydrolysis) is 1. The smallest absolute Gasteiger partial charge is 0.407 e. The summed E-state index contributed by atoms with van der Waals surface area (Å²) in [5.41, 5.74) is 1.36. The van der Waals surface area contributed by atoms with Gasteiger partial charge in [0.25, 0.3) is 5.69 Å². The van der Waals surface area contributed by atoms with E-state index >= 15 is 0 Å². The summed E-state index contributed by atoms with van der Waals surface area (Å²) in [5, 5.41) is 18.2. The van der Waals surface area contributed by atoms with Crippen LogP contribution in [0.1, 0.15) is 39.1 Å². The Bertz CT molecular complexity index is 856. The van der Waals surface area contributed by atoms with Crippen molar-refractivity contribution in [3.63, 3.8) is 0 Å². The molecule has 0 saturated heterocycles. The molecule has 8 nitrogen and oxygen atoms in total. The van der Waals surface area contributed by atoms with Crippen LogP contribution in [0.4, 0.5) is 10.5 Å². The predicted molar refractivity (Wildman–Crippen MR) is 108 cm³/mol. The van der Waals surface area contributed by atoms with Crippen LogP contribution in [0.25, 0.3) is 0 Å². The van der Waals surface area contributed by atoms with Crippen LogP contribution in [-0.2, 0) is 11.3 Å². The summed E-state index contributed by atoms with van der Waals surface area (Å²) < 4.78 is 7.13. The highest BCUT2D eigenvalue weighted by atomic mass is 32.2. The van der Waals surface area contributed by atoms with Crippen LogP contribution in [0.5, 0.6) is 0 Å². The molecule has 2 rings (SSSR count). The standard InChI is InChI=1S/C19H26N4O4S/c1-12(20-18(24)27-19(4,5)6)11-22-14(3)17(13(2)21-22)28-16-9-7-15(8-10-16)23(25)26/h7-10,12H,11H2,1-6H3,(H,20,24). The summed E-state index contributed by atoms with van der Waals surface area (Å²) in [4.78, 5) is 24.2. The average Bonchev–Trinajstić information content (AvgIpc) is 2.80. The van der Waals surface area contributed by atoms with Gasteiger partial charge in [-0.25, -0.2) is 4.79 Å². The Kier molecular flexibility index (Phi) is 6.71. The van der Waals surface area contributed by atoms with E-state index in [0.29, 0.717) is 6.54 Å². The van der Waals surface area contributed by atoms with E-state index in [1.807, 2.05) is 46.2 Å². The van der Waals surface area contributed by atoms with Crippen molar-refractivity contribution in [3.8, 4) is 0 Å². The number of nitro benzene ring substituents is 1. The van der Waals surface area contributed by atoms with E-state index in [2.05, 4.69) is 10.4 Å². The third-order valence-electron chi connectivity index (χ3n) is 3.79. The van der Waals surface area contributed by atoms with Crippen molar-refractivity contribution in [1.82, 2.24) is 15.1 Å². The SMILES string of the molecule is Cc1nn(CC(C)NC(=O)OC(C)(C)C)c(C)c1Sc1ccc([N+](=O)[O-])cc1. The Morgan fingerprint density at radius 1 is 1.32 bits per heavy atom. The van der Waals surface area contributed by atoms with Crippen molar-refractivity contribution in [1.29, 1.82) is 0 Å². The number of ether oxygens (including phenoxy) is 1. The molecule has 0 spiro atoms. The Balaban J connectivity index is 2.06. The van der Waals surface area contributed by atoms with Gasteiger partial charge in [-0.3, -0.25) is 14.8 Å². The first-order valence-corrected chi connectivity index (χ1v) is 9.73. The van der Waals surface area contributed by atoms with Crippen molar-refractivity contribution < 1.29 is 14.5 Å². The molecule has 1 aromatic heterocycles. The molecular formula is C19H26N4O4S. The van der Waals surface area contributed by atoms with Gasteiger partial charge in [0, 0.05) is 28.8 Å². The zero-order valence-corrected chi connectivity index (χ0v) is 17.8. The number of amides is 1. The number of non-ortho nitro benzene ring substituents is 1. The van der Waals surface area contributed by atoms with Crippen molar-refractivity contribution >= 4 is 23.5 Å². The molecule has 2 aromatic rings. The van der Waals surface area contributed by atoms with Crippen molar-refractivity contribution in [2.45, 2.75) is 69.5 Å². The zero-order chi connectivity index (χ0) is 21.1. The summed E-state index contributed by atoms with van der Waals surface area (Å²) in [5.74, 6) is 0. The summed E-state index contributed by atoms with van der Waals surface area (Å²) in [6.45, 7) is 11.7. The molecule has 0 bridgehead atoms. The van der Waals surface area contributed by atoms with E-state index in [-0.39, 0.29) is 11.7 Å². The normalized spacial score (nSPS) is 12.5. The van der Waals surface area contributed by atoms with Crippen LogP contribution in [0.3, 0.4) is 0 Å². The van der Waals surface area contributed by atoms with Crippen LogP contribution >= 0.6 is 11.8 Å². The average molecular weight is 407 g/mol. The highest BCUT2D eigenvalue weighted by molar-refractivity contribution is 7.99. The van der Waals surface area contributed by atoms with Gasteiger partial charge in [-0.15, -0.1) is 0 Å². The highest BCUT2D eigenvalue weighted by Crippen LogP contribution is 2.33. The maximum absolute atomic E-state index is 11.9. The fourth-order valence-electron chi connectivity index (χ4n) is 2.57. The van der Waals surface area contributed by atoms with Gasteiger partial charge in [-0.2, -0.15) is 5.10 Å². The summed E-state index contributed by atoms with van der Waals surface area (Å²) in [6.07, 6.45) is -0.456. The fraction of sp³-hybridized carbons (Fsp3) is 0.474. The summed E-state index contributed by atoms with van der Waals surface area (Å²) >= 11 is 1.51. The number of carbonyl (C=O) groups excluding carboxylic acids is 1. The minimum absolute atomic E-state index is 0.0653. The van der Waals surface area contributed by atoms with Crippen molar-refractivity contribution in [3.05, 3.63) is 45.8 Å². The molecule has 0 aliphatic heterocycles. The third-order valence-corrected chi connectivity index (χ3v) is 5.10. The molecule has 1 amide bonds. The number of hydrogen-bond donors (Lipinski definition) is 1. The molecule has 0 aliphatic rings. The summed E-state index contributed by atoms with van der Waals surface area (Å²) in [6, 6.07) is 6.27. The van der Waals surface area contributed by atoms with Gasteiger partial charge in [0.1, 0.15) is 5.60 Å². The molecule has 1 N–H and O–H groups in total. The number of nitrogens with zero attached hydrogens (tertiary/aromatic N) is 3. The van der Waals surface area contributed by atoms with Gasteiger partial charge in [0.05, 0.1) is 22.1 Å². The first-order chi connectivity index (χ1) is 13.0. The number of aryl methyl sites for hydroxylation is 1. The monoisotopic (exact) mass is 406 g/mol. The molecule has 28 heavy (non-hydrogen) atoms. The number of aromatic nitrogens is 2. The number of rotatable bonds is 6. The van der Waals surface area contributed by atoms with E-state index in [1.165, 1.54) is 23.9 Å². The highest BCUT2D eigenvalue weighted by Gasteiger charge is 2.19. The van der Waals surface area contributed by atoms with Gasteiger partial charge in [0.2, 0.25) is 0 Å². The van der Waals surface area contributed by atoms with Crippen LogP contribution in [-0.4, -0.2) is 32.4 Å². The molecule has 1 unspecified atom stereocenters. The van der Waals surface area contributed by atoms with E-state index < -0.39 is 16.6 Å².